The average Bonchev–Trinajstić information content (AvgIpc) is 3.36. The Hall–Kier alpha value is -1.35. The summed E-state index contributed by atoms with van der Waals surface area (Å²) >= 11 is 0. The van der Waals surface area contributed by atoms with Gasteiger partial charge in [-0.15, -0.1) is 0 Å². The number of cyclic esters (lactones) is 1. The van der Waals surface area contributed by atoms with Crippen molar-refractivity contribution in [3.05, 3.63) is 11.5 Å². The van der Waals surface area contributed by atoms with Crippen LogP contribution in [0.5, 0.6) is 0 Å². The van der Waals surface area contributed by atoms with Gasteiger partial charge in [0.2, 0.25) is 5.76 Å². The highest BCUT2D eigenvalue weighted by Crippen LogP contribution is 2.28. The third-order valence-corrected chi connectivity index (χ3v) is 8.57. The Kier molecular flexibility index (Phi) is 27.8. The third-order valence-electron chi connectivity index (χ3n) is 8.57. The lowest BCUT2D eigenvalue weighted by atomic mass is 10.0. The zero-order chi connectivity index (χ0) is 32.8. The average molecular weight is 643 g/mol. The molecule has 0 spiro atoms. The normalized spacial score (nSPS) is 16.3. The molecule has 3 atom stereocenters. The molecule has 0 aromatic heterocycles. The van der Waals surface area contributed by atoms with Crippen LogP contribution in [-0.4, -0.2) is 72.6 Å². The van der Waals surface area contributed by atoms with Crippen LogP contribution in [0.25, 0.3) is 0 Å². The van der Waals surface area contributed by atoms with Crippen LogP contribution in [0.2, 0.25) is 0 Å². The van der Waals surface area contributed by atoms with Crippen LogP contribution in [0.3, 0.4) is 0 Å². The maximum atomic E-state index is 12.5. The first kappa shape index (κ1) is 41.7. The SMILES string of the molecule is CCCCCCCCCCCCCCCCOC1=C(OCC(O)COCCCCCCCCCCCC)[C@@H]([C@@H](O)CO)OC1=O. The Balaban J connectivity index is 2.22. The van der Waals surface area contributed by atoms with Crippen LogP contribution in [0, 0.1) is 0 Å². The van der Waals surface area contributed by atoms with E-state index in [1.54, 1.807) is 0 Å². The summed E-state index contributed by atoms with van der Waals surface area (Å²) < 4.78 is 22.3. The van der Waals surface area contributed by atoms with Crippen molar-refractivity contribution in [2.24, 2.45) is 0 Å². The van der Waals surface area contributed by atoms with Crippen LogP contribution in [0.1, 0.15) is 168 Å². The van der Waals surface area contributed by atoms with Gasteiger partial charge in [0.25, 0.3) is 0 Å². The number of unbranched alkanes of at least 4 members (excludes halogenated alkanes) is 22. The number of hydrogen-bond donors (Lipinski definition) is 3. The minimum atomic E-state index is -1.34. The Morgan fingerprint density at radius 3 is 1.47 bits per heavy atom. The van der Waals surface area contributed by atoms with Crippen molar-refractivity contribution in [3.63, 3.8) is 0 Å². The quantitative estimate of drug-likeness (QED) is 0.0475. The summed E-state index contributed by atoms with van der Waals surface area (Å²) in [6.07, 6.45) is 26.7. The van der Waals surface area contributed by atoms with E-state index in [1.807, 2.05) is 0 Å². The molecule has 0 saturated carbocycles. The first-order valence-corrected chi connectivity index (χ1v) is 18.8. The van der Waals surface area contributed by atoms with Crippen molar-refractivity contribution in [3.8, 4) is 0 Å². The van der Waals surface area contributed by atoms with E-state index in [9.17, 15) is 20.1 Å². The number of ether oxygens (including phenoxy) is 4. The molecule has 0 fully saturated rings. The second kappa shape index (κ2) is 30.0. The molecule has 0 radical (unpaired) electrons. The third kappa shape index (κ3) is 22.0. The highest BCUT2D eigenvalue weighted by molar-refractivity contribution is 5.89. The molecule has 8 heteroatoms. The summed E-state index contributed by atoms with van der Waals surface area (Å²) in [5.74, 6) is -0.777. The van der Waals surface area contributed by atoms with Crippen molar-refractivity contribution < 1.29 is 39.1 Å². The first-order chi connectivity index (χ1) is 22.0. The van der Waals surface area contributed by atoms with Crippen LogP contribution in [0.15, 0.2) is 11.5 Å². The standard InChI is InChI=1S/C37H70O8/c1-3-5-7-9-11-13-15-16-17-18-20-22-24-26-28-43-36-35(34(33(40)29-38)45-37(36)41)44-31-32(39)30-42-27-25-23-21-19-14-12-10-8-6-4-2/h32-34,38-40H,3-31H2,1-2H3/t32?,33-,34+/m0/s1. The molecule has 3 N–H and O–H groups in total. The second-order valence-corrected chi connectivity index (χ2v) is 12.9. The molecule has 0 aromatic rings. The fraction of sp³-hybridized carbons (Fsp3) is 0.919. The predicted octanol–water partition coefficient (Wildman–Crippen LogP) is 8.29. The molecule has 1 aliphatic rings. The van der Waals surface area contributed by atoms with E-state index in [1.165, 1.54) is 122 Å². The maximum absolute atomic E-state index is 12.5. The van der Waals surface area contributed by atoms with Crippen LogP contribution in [-0.2, 0) is 23.7 Å². The Bertz CT molecular complexity index is 713. The molecule has 0 bridgehead atoms. The highest BCUT2D eigenvalue weighted by atomic mass is 16.6. The van der Waals surface area contributed by atoms with Gasteiger partial charge in [-0.3, -0.25) is 0 Å². The van der Waals surface area contributed by atoms with Crippen molar-refractivity contribution in [1.82, 2.24) is 0 Å². The fourth-order valence-corrected chi connectivity index (χ4v) is 5.69. The zero-order valence-corrected chi connectivity index (χ0v) is 29.1. The van der Waals surface area contributed by atoms with Crippen molar-refractivity contribution in [2.45, 2.75) is 186 Å². The van der Waals surface area contributed by atoms with Gasteiger partial charge in [0.05, 0.1) is 19.8 Å². The Morgan fingerprint density at radius 2 is 1.02 bits per heavy atom. The largest absolute Gasteiger partial charge is 0.487 e. The van der Waals surface area contributed by atoms with Crippen LogP contribution < -0.4 is 0 Å². The monoisotopic (exact) mass is 643 g/mol. The molecule has 1 heterocycles. The van der Waals surface area contributed by atoms with E-state index in [0.29, 0.717) is 13.2 Å². The van der Waals surface area contributed by atoms with Gasteiger partial charge in [-0.1, -0.05) is 155 Å². The van der Waals surface area contributed by atoms with Gasteiger partial charge in [0, 0.05) is 6.61 Å². The van der Waals surface area contributed by atoms with Crippen molar-refractivity contribution >= 4 is 5.97 Å². The summed E-state index contributed by atoms with van der Waals surface area (Å²) in [5, 5.41) is 30.0. The number of carbonyl (C=O) groups is 1. The maximum Gasteiger partial charge on any atom is 0.378 e. The smallest absolute Gasteiger partial charge is 0.378 e. The molecule has 0 amide bonds. The minimum Gasteiger partial charge on any atom is -0.487 e. The minimum absolute atomic E-state index is 0.0284. The summed E-state index contributed by atoms with van der Waals surface area (Å²) in [5.41, 5.74) is 0. The second-order valence-electron chi connectivity index (χ2n) is 12.9. The van der Waals surface area contributed by atoms with E-state index in [4.69, 9.17) is 18.9 Å². The molecule has 266 valence electrons. The van der Waals surface area contributed by atoms with Gasteiger partial charge < -0.3 is 34.3 Å². The number of carbonyl (C=O) groups excluding carboxylic acids is 1. The number of esters is 1. The molecule has 0 saturated heterocycles. The molecule has 1 rings (SSSR count). The van der Waals surface area contributed by atoms with Crippen molar-refractivity contribution in [1.29, 1.82) is 0 Å². The van der Waals surface area contributed by atoms with E-state index in [2.05, 4.69) is 13.8 Å². The van der Waals surface area contributed by atoms with Crippen LogP contribution >= 0.6 is 0 Å². The number of hydrogen-bond acceptors (Lipinski definition) is 8. The van der Waals surface area contributed by atoms with Gasteiger partial charge >= 0.3 is 5.97 Å². The van der Waals surface area contributed by atoms with E-state index >= 15 is 0 Å². The predicted molar refractivity (Wildman–Crippen MR) is 181 cm³/mol. The fourth-order valence-electron chi connectivity index (χ4n) is 5.69. The number of aliphatic hydroxyl groups is 3. The molecule has 1 unspecified atom stereocenters. The summed E-state index contributed by atoms with van der Waals surface area (Å²) in [6, 6.07) is 0. The number of aliphatic hydroxyl groups excluding tert-OH is 3. The molecule has 8 nitrogen and oxygen atoms in total. The van der Waals surface area contributed by atoms with E-state index < -0.39 is 30.9 Å². The van der Waals surface area contributed by atoms with Gasteiger partial charge in [-0.25, -0.2) is 4.79 Å². The van der Waals surface area contributed by atoms with Gasteiger partial charge in [-0.2, -0.15) is 0 Å². The summed E-state index contributed by atoms with van der Waals surface area (Å²) in [6.45, 7) is 4.80. The highest BCUT2D eigenvalue weighted by Gasteiger charge is 2.42. The number of rotatable bonds is 34. The van der Waals surface area contributed by atoms with E-state index in [-0.39, 0.29) is 24.7 Å². The van der Waals surface area contributed by atoms with Gasteiger partial charge in [0.15, 0.2) is 11.9 Å². The molecular formula is C37H70O8. The Labute approximate surface area is 275 Å². The van der Waals surface area contributed by atoms with Crippen LogP contribution in [0.4, 0.5) is 0 Å². The van der Waals surface area contributed by atoms with Crippen molar-refractivity contribution in [2.75, 3.05) is 33.0 Å². The summed E-state index contributed by atoms with van der Waals surface area (Å²) in [7, 11) is 0. The molecule has 0 aliphatic carbocycles. The van der Waals surface area contributed by atoms with Gasteiger partial charge in [-0.05, 0) is 12.8 Å². The van der Waals surface area contributed by atoms with E-state index in [0.717, 1.165) is 32.1 Å². The van der Waals surface area contributed by atoms with Gasteiger partial charge in [0.1, 0.15) is 18.8 Å². The molecule has 45 heavy (non-hydrogen) atoms. The first-order valence-electron chi connectivity index (χ1n) is 18.8. The molecular weight excluding hydrogens is 572 g/mol. The summed E-state index contributed by atoms with van der Waals surface area (Å²) in [4.78, 5) is 12.5. The Morgan fingerprint density at radius 1 is 0.600 bits per heavy atom. The molecule has 0 aromatic carbocycles. The zero-order valence-electron chi connectivity index (χ0n) is 29.1. The lowest BCUT2D eigenvalue weighted by molar-refractivity contribution is -0.149. The molecule has 1 aliphatic heterocycles. The lowest BCUT2D eigenvalue weighted by Crippen LogP contribution is -2.33. The topological polar surface area (TPSA) is 115 Å². The lowest BCUT2D eigenvalue weighted by Gasteiger charge is -2.20.